The lowest BCUT2D eigenvalue weighted by Gasteiger charge is -2.42. The Labute approximate surface area is 153 Å². The molecule has 2 aromatic carbocycles. The summed E-state index contributed by atoms with van der Waals surface area (Å²) in [5, 5.41) is 19.5. The molecule has 1 aliphatic rings. The van der Waals surface area contributed by atoms with Gasteiger partial charge < -0.3 is 14.9 Å². The summed E-state index contributed by atoms with van der Waals surface area (Å²) in [7, 11) is 0. The number of benzene rings is 2. The SMILES string of the molecule is Cc1ccccc1C[C@]1(CO)CN(Cc2ccccc2C(=O)O)CCO1. The molecule has 0 radical (unpaired) electrons. The highest BCUT2D eigenvalue weighted by Gasteiger charge is 2.37. The Morgan fingerprint density at radius 2 is 1.85 bits per heavy atom. The second kappa shape index (κ2) is 7.99. The highest BCUT2D eigenvalue weighted by molar-refractivity contribution is 5.89. The molecule has 2 aromatic rings. The number of carboxylic acids is 1. The molecule has 2 N–H and O–H groups in total. The molecule has 0 unspecified atom stereocenters. The number of aliphatic hydroxyl groups excluding tert-OH is 1. The van der Waals surface area contributed by atoms with Crippen LogP contribution in [-0.2, 0) is 17.7 Å². The van der Waals surface area contributed by atoms with Crippen LogP contribution in [0.1, 0.15) is 27.0 Å². The van der Waals surface area contributed by atoms with Gasteiger partial charge in [-0.15, -0.1) is 0 Å². The van der Waals surface area contributed by atoms with Gasteiger partial charge in [-0.05, 0) is 29.7 Å². The number of carbonyl (C=O) groups is 1. The Morgan fingerprint density at radius 1 is 1.15 bits per heavy atom. The van der Waals surface area contributed by atoms with Crippen LogP contribution in [0.4, 0.5) is 0 Å². The third-order valence-corrected chi connectivity index (χ3v) is 5.03. The normalized spacial score (nSPS) is 20.8. The van der Waals surface area contributed by atoms with E-state index in [2.05, 4.69) is 24.0 Å². The quantitative estimate of drug-likeness (QED) is 0.833. The van der Waals surface area contributed by atoms with Crippen molar-refractivity contribution in [1.82, 2.24) is 4.90 Å². The van der Waals surface area contributed by atoms with Gasteiger partial charge in [0.2, 0.25) is 0 Å². The maximum Gasteiger partial charge on any atom is 0.336 e. The zero-order valence-electron chi connectivity index (χ0n) is 15.0. The number of nitrogens with zero attached hydrogens (tertiary/aromatic N) is 1. The van der Waals surface area contributed by atoms with E-state index in [-0.39, 0.29) is 6.61 Å². The number of hydrogen-bond acceptors (Lipinski definition) is 4. The summed E-state index contributed by atoms with van der Waals surface area (Å²) in [6, 6.07) is 15.2. The molecule has 0 bridgehead atoms. The van der Waals surface area contributed by atoms with Gasteiger partial charge in [0.05, 0.1) is 18.8 Å². The van der Waals surface area contributed by atoms with E-state index in [1.165, 1.54) is 5.56 Å². The van der Waals surface area contributed by atoms with E-state index in [0.717, 1.165) is 11.1 Å². The number of hydrogen-bond donors (Lipinski definition) is 2. The minimum atomic E-state index is -0.915. The monoisotopic (exact) mass is 355 g/mol. The Kier molecular flexibility index (Phi) is 5.71. The van der Waals surface area contributed by atoms with Crippen molar-refractivity contribution >= 4 is 5.97 Å². The summed E-state index contributed by atoms with van der Waals surface area (Å²) >= 11 is 0. The van der Waals surface area contributed by atoms with Crippen molar-refractivity contribution < 1.29 is 19.7 Å². The summed E-state index contributed by atoms with van der Waals surface area (Å²) in [5.74, 6) is -0.915. The largest absolute Gasteiger partial charge is 0.478 e. The maximum atomic E-state index is 11.4. The predicted octanol–water partition coefficient (Wildman–Crippen LogP) is 2.50. The first-order valence-electron chi connectivity index (χ1n) is 8.86. The van der Waals surface area contributed by atoms with Crippen LogP contribution in [0.3, 0.4) is 0 Å². The Balaban J connectivity index is 1.77. The number of rotatable bonds is 6. The van der Waals surface area contributed by atoms with Crippen LogP contribution in [0.25, 0.3) is 0 Å². The molecule has 5 heteroatoms. The lowest BCUT2D eigenvalue weighted by molar-refractivity contribution is -0.134. The van der Waals surface area contributed by atoms with Crippen LogP contribution in [0, 0.1) is 6.92 Å². The number of ether oxygens (including phenoxy) is 1. The van der Waals surface area contributed by atoms with Crippen LogP contribution >= 0.6 is 0 Å². The van der Waals surface area contributed by atoms with Crippen molar-refractivity contribution in [2.24, 2.45) is 0 Å². The molecule has 1 fully saturated rings. The van der Waals surface area contributed by atoms with Crippen LogP contribution in [0.15, 0.2) is 48.5 Å². The number of aliphatic hydroxyl groups is 1. The smallest absolute Gasteiger partial charge is 0.336 e. The van der Waals surface area contributed by atoms with E-state index in [4.69, 9.17) is 4.74 Å². The van der Waals surface area contributed by atoms with Crippen LogP contribution in [0.5, 0.6) is 0 Å². The average Bonchev–Trinajstić information content (AvgIpc) is 2.64. The third-order valence-electron chi connectivity index (χ3n) is 5.03. The molecule has 0 saturated carbocycles. The minimum absolute atomic E-state index is 0.0710. The topological polar surface area (TPSA) is 70.0 Å². The van der Waals surface area contributed by atoms with Gasteiger partial charge in [0.15, 0.2) is 0 Å². The lowest BCUT2D eigenvalue weighted by atomic mass is 9.90. The molecule has 3 rings (SSSR count). The van der Waals surface area contributed by atoms with E-state index in [1.54, 1.807) is 12.1 Å². The van der Waals surface area contributed by atoms with Gasteiger partial charge in [-0.1, -0.05) is 42.5 Å². The molecule has 1 atom stereocenters. The van der Waals surface area contributed by atoms with E-state index in [0.29, 0.717) is 38.2 Å². The van der Waals surface area contributed by atoms with Crippen molar-refractivity contribution in [3.05, 3.63) is 70.8 Å². The summed E-state index contributed by atoms with van der Waals surface area (Å²) in [4.78, 5) is 13.6. The minimum Gasteiger partial charge on any atom is -0.478 e. The highest BCUT2D eigenvalue weighted by Crippen LogP contribution is 2.26. The average molecular weight is 355 g/mol. The number of aromatic carboxylic acids is 1. The molecular formula is C21H25NO4. The molecular weight excluding hydrogens is 330 g/mol. The summed E-state index contributed by atoms with van der Waals surface area (Å²) in [6.45, 7) is 4.31. The van der Waals surface area contributed by atoms with Gasteiger partial charge in [-0.25, -0.2) is 4.79 Å². The fraction of sp³-hybridized carbons (Fsp3) is 0.381. The zero-order valence-corrected chi connectivity index (χ0v) is 15.0. The van der Waals surface area contributed by atoms with Gasteiger partial charge in [0.25, 0.3) is 0 Å². The Hall–Kier alpha value is -2.21. The fourth-order valence-corrected chi connectivity index (χ4v) is 3.58. The van der Waals surface area contributed by atoms with E-state index < -0.39 is 11.6 Å². The Bertz CT molecular complexity index is 776. The summed E-state index contributed by atoms with van der Waals surface area (Å²) < 4.78 is 6.01. The van der Waals surface area contributed by atoms with Crippen molar-refractivity contribution in [3.63, 3.8) is 0 Å². The zero-order chi connectivity index (χ0) is 18.6. The van der Waals surface area contributed by atoms with Gasteiger partial charge in [0.1, 0.15) is 5.60 Å². The van der Waals surface area contributed by atoms with Crippen molar-refractivity contribution in [2.45, 2.75) is 25.5 Å². The van der Waals surface area contributed by atoms with Gasteiger partial charge >= 0.3 is 5.97 Å². The molecule has 5 nitrogen and oxygen atoms in total. The van der Waals surface area contributed by atoms with Gasteiger partial charge in [-0.2, -0.15) is 0 Å². The number of morpholine rings is 1. The maximum absolute atomic E-state index is 11.4. The molecule has 0 spiro atoms. The van der Waals surface area contributed by atoms with E-state index in [1.807, 2.05) is 24.3 Å². The summed E-state index contributed by atoms with van der Waals surface area (Å²) in [5.41, 5.74) is 2.78. The Morgan fingerprint density at radius 3 is 2.54 bits per heavy atom. The third kappa shape index (κ3) is 4.12. The second-order valence-electron chi connectivity index (χ2n) is 6.97. The highest BCUT2D eigenvalue weighted by atomic mass is 16.5. The first kappa shape index (κ1) is 18.6. The van der Waals surface area contributed by atoms with Crippen LogP contribution < -0.4 is 0 Å². The molecule has 1 saturated heterocycles. The lowest BCUT2D eigenvalue weighted by Crippen LogP contribution is -2.55. The van der Waals surface area contributed by atoms with Crippen molar-refractivity contribution in [3.8, 4) is 0 Å². The molecule has 0 aliphatic carbocycles. The standard InChI is InChI=1S/C21H25NO4/c1-16-6-2-3-7-17(16)12-21(15-23)14-22(10-11-26-21)13-18-8-4-5-9-19(18)20(24)25/h2-9,23H,10-15H2,1H3,(H,24,25)/t21-/m1/s1. The van der Waals surface area contributed by atoms with Crippen molar-refractivity contribution in [2.75, 3.05) is 26.3 Å². The summed E-state index contributed by atoms with van der Waals surface area (Å²) in [6.07, 6.45) is 0.632. The number of aryl methyl sites for hydroxylation is 1. The van der Waals surface area contributed by atoms with E-state index in [9.17, 15) is 15.0 Å². The number of carboxylic acid groups (broad SMARTS) is 1. The van der Waals surface area contributed by atoms with Gasteiger partial charge in [-0.3, -0.25) is 4.90 Å². The van der Waals surface area contributed by atoms with E-state index >= 15 is 0 Å². The first-order chi connectivity index (χ1) is 12.5. The fourth-order valence-electron chi connectivity index (χ4n) is 3.58. The second-order valence-corrected chi connectivity index (χ2v) is 6.97. The molecule has 26 heavy (non-hydrogen) atoms. The van der Waals surface area contributed by atoms with Crippen LogP contribution in [0.2, 0.25) is 0 Å². The predicted molar refractivity (Wildman–Crippen MR) is 99.3 cm³/mol. The van der Waals surface area contributed by atoms with Gasteiger partial charge in [0, 0.05) is 26.1 Å². The molecule has 138 valence electrons. The van der Waals surface area contributed by atoms with Crippen molar-refractivity contribution in [1.29, 1.82) is 0 Å². The first-order valence-corrected chi connectivity index (χ1v) is 8.86. The molecule has 0 amide bonds. The molecule has 1 aliphatic heterocycles. The van der Waals surface area contributed by atoms with Crippen LogP contribution in [-0.4, -0.2) is 53.0 Å². The molecule has 0 aromatic heterocycles. The molecule has 1 heterocycles.